The monoisotopic (exact) mass is 454 g/mol. The van der Waals surface area contributed by atoms with Crippen LogP contribution >= 0.6 is 0 Å². The summed E-state index contributed by atoms with van der Waals surface area (Å²) in [5.41, 5.74) is 10.4. The van der Waals surface area contributed by atoms with Crippen molar-refractivity contribution in [3.8, 4) is 16.8 Å². The Kier molecular flexibility index (Phi) is 5.30. The largest absolute Gasteiger partial charge is 0.347 e. The number of hydrogen-bond acceptors (Lipinski definition) is 0. The van der Waals surface area contributed by atoms with E-state index in [9.17, 15) is 0 Å². The van der Waals surface area contributed by atoms with Crippen molar-refractivity contribution in [2.45, 2.75) is 26.7 Å². The zero-order chi connectivity index (χ0) is 23.9. The quantitative estimate of drug-likeness (QED) is 0.247. The molecule has 0 bridgehead atoms. The molecule has 172 valence electrons. The molecule has 2 heteroatoms. The van der Waals surface area contributed by atoms with Crippen molar-refractivity contribution >= 4 is 38.8 Å². The molecule has 6 aromatic rings. The number of nitrogens with zero attached hydrogens (tertiary/aromatic N) is 2. The fourth-order valence-corrected chi connectivity index (χ4v) is 5.62. The van der Waals surface area contributed by atoms with Crippen LogP contribution in [0.15, 0.2) is 97.1 Å². The average Bonchev–Trinajstić information content (AvgIpc) is 3.42. The molecule has 0 saturated heterocycles. The predicted molar refractivity (Wildman–Crippen MR) is 151 cm³/mol. The summed E-state index contributed by atoms with van der Waals surface area (Å²) in [6.45, 7) is 4.00. The molecule has 0 fully saturated rings. The molecule has 4 aromatic carbocycles. The highest BCUT2D eigenvalue weighted by Gasteiger charge is 2.17. The van der Waals surface area contributed by atoms with Gasteiger partial charge in [-0.25, -0.2) is 0 Å². The third-order valence-electron chi connectivity index (χ3n) is 7.22. The zero-order valence-electron chi connectivity index (χ0n) is 20.6. The highest BCUT2D eigenvalue weighted by Crippen LogP contribution is 2.37. The van der Waals surface area contributed by atoms with E-state index in [-0.39, 0.29) is 0 Å². The average molecular weight is 455 g/mol. The predicted octanol–water partition coefficient (Wildman–Crippen LogP) is 8.93. The molecule has 0 spiro atoms. The minimum atomic E-state index is 1.12. The second-order valence-corrected chi connectivity index (χ2v) is 9.01. The Labute approximate surface area is 206 Å². The van der Waals surface area contributed by atoms with Gasteiger partial charge >= 0.3 is 0 Å². The Morgan fingerprint density at radius 3 is 2.09 bits per heavy atom. The fraction of sp³-hybridized carbons (Fsp3) is 0.152. The number of aromatic nitrogens is 2. The van der Waals surface area contributed by atoms with E-state index in [2.05, 4.69) is 119 Å². The molecule has 0 saturated carbocycles. The summed E-state index contributed by atoms with van der Waals surface area (Å²) in [6.07, 6.45) is 6.87. The van der Waals surface area contributed by atoms with Gasteiger partial charge < -0.3 is 9.13 Å². The van der Waals surface area contributed by atoms with Gasteiger partial charge in [0.2, 0.25) is 0 Å². The third kappa shape index (κ3) is 3.32. The number of allylic oxidation sites excluding steroid dienone is 1. The topological polar surface area (TPSA) is 9.86 Å². The molecule has 0 amide bonds. The second kappa shape index (κ2) is 8.63. The number of para-hydroxylation sites is 2. The molecule has 35 heavy (non-hydrogen) atoms. The van der Waals surface area contributed by atoms with Gasteiger partial charge in [0.05, 0.1) is 11.0 Å². The van der Waals surface area contributed by atoms with E-state index >= 15 is 0 Å². The lowest BCUT2D eigenvalue weighted by atomic mass is 9.98. The van der Waals surface area contributed by atoms with Crippen molar-refractivity contribution in [2.24, 2.45) is 7.05 Å². The van der Waals surface area contributed by atoms with E-state index in [0.717, 1.165) is 12.8 Å². The third-order valence-corrected chi connectivity index (χ3v) is 7.22. The first-order valence-electron chi connectivity index (χ1n) is 12.7. The van der Waals surface area contributed by atoms with Gasteiger partial charge in [-0.1, -0.05) is 74.5 Å². The van der Waals surface area contributed by atoms with Gasteiger partial charge in [0.1, 0.15) is 0 Å². The first kappa shape index (κ1) is 21.5. The molecule has 1 aliphatic rings. The van der Waals surface area contributed by atoms with Gasteiger partial charge in [-0.3, -0.25) is 0 Å². The van der Waals surface area contributed by atoms with E-state index < -0.39 is 0 Å². The van der Waals surface area contributed by atoms with Crippen molar-refractivity contribution in [1.82, 2.24) is 9.13 Å². The Balaban J connectivity index is 0.00000112. The van der Waals surface area contributed by atoms with Crippen molar-refractivity contribution in [1.29, 1.82) is 0 Å². The lowest BCUT2D eigenvalue weighted by molar-refractivity contribution is 0.824. The molecule has 7 rings (SSSR count). The number of aryl methyl sites for hydroxylation is 1. The van der Waals surface area contributed by atoms with Gasteiger partial charge in [0, 0.05) is 45.7 Å². The van der Waals surface area contributed by atoms with E-state index in [1.165, 1.54) is 60.8 Å². The number of fused-ring (bicyclic) bond motifs is 6. The maximum absolute atomic E-state index is 2.38. The normalized spacial score (nSPS) is 12.7. The van der Waals surface area contributed by atoms with Crippen molar-refractivity contribution in [3.05, 3.63) is 108 Å². The summed E-state index contributed by atoms with van der Waals surface area (Å²) < 4.78 is 4.74. The molecule has 0 aliphatic heterocycles. The van der Waals surface area contributed by atoms with Crippen LogP contribution in [-0.4, -0.2) is 9.13 Å². The summed E-state index contributed by atoms with van der Waals surface area (Å²) in [5.74, 6) is 0. The molecule has 0 atom stereocenters. The Bertz CT molecular complexity index is 1710. The lowest BCUT2D eigenvalue weighted by Gasteiger charge is -2.08. The first-order valence-corrected chi connectivity index (χ1v) is 12.7. The van der Waals surface area contributed by atoms with Crippen LogP contribution in [0.5, 0.6) is 0 Å². The lowest BCUT2D eigenvalue weighted by Crippen LogP contribution is -1.99. The molecule has 1 aliphatic carbocycles. The van der Waals surface area contributed by atoms with E-state index in [0.29, 0.717) is 0 Å². The van der Waals surface area contributed by atoms with Crippen LogP contribution in [-0.2, 0) is 13.5 Å². The van der Waals surface area contributed by atoms with E-state index in [4.69, 9.17) is 0 Å². The van der Waals surface area contributed by atoms with Gasteiger partial charge in [-0.05, 0) is 66.4 Å². The van der Waals surface area contributed by atoms with Crippen LogP contribution in [0.4, 0.5) is 0 Å². The summed E-state index contributed by atoms with van der Waals surface area (Å²) in [6, 6.07) is 33.2. The number of benzene rings is 4. The van der Waals surface area contributed by atoms with Crippen LogP contribution in [0.1, 0.15) is 31.5 Å². The first-order chi connectivity index (χ1) is 17.3. The zero-order valence-corrected chi connectivity index (χ0v) is 20.6. The SMILES string of the molecule is CC.Cn1c2c(c3cc(-c4ccc5c(c4)c4ccccc4n5-c4ccccc4)ccc31)C=CCC2. The number of hydrogen-bond donors (Lipinski definition) is 0. The molecular weight excluding hydrogens is 424 g/mol. The van der Waals surface area contributed by atoms with Gasteiger partial charge in [0.25, 0.3) is 0 Å². The van der Waals surface area contributed by atoms with E-state index in [1.54, 1.807) is 0 Å². The molecule has 2 aromatic heterocycles. The number of rotatable bonds is 2. The minimum Gasteiger partial charge on any atom is -0.347 e. The standard InChI is InChI=1S/C31H24N2.C2H6/c1-32-28-13-7-5-11-24(28)26-19-21(15-17-29(26)32)22-16-18-31-27(20-22)25-12-6-8-14-30(25)33(31)23-9-3-2-4-10-23;1-2/h2-6,8-12,14-20H,7,13H2,1H3;1-2H3. The van der Waals surface area contributed by atoms with Crippen molar-refractivity contribution < 1.29 is 0 Å². The Hall–Kier alpha value is -4.04. The van der Waals surface area contributed by atoms with E-state index in [1.807, 2.05) is 13.8 Å². The van der Waals surface area contributed by atoms with Gasteiger partial charge in [-0.2, -0.15) is 0 Å². The molecular formula is C33H30N2. The second-order valence-electron chi connectivity index (χ2n) is 9.01. The molecule has 0 N–H and O–H groups in total. The van der Waals surface area contributed by atoms with Crippen LogP contribution < -0.4 is 0 Å². The van der Waals surface area contributed by atoms with Crippen LogP contribution in [0.25, 0.3) is 55.6 Å². The summed E-state index contributed by atoms with van der Waals surface area (Å²) in [4.78, 5) is 0. The fourth-order valence-electron chi connectivity index (χ4n) is 5.62. The highest BCUT2D eigenvalue weighted by atomic mass is 15.0. The summed E-state index contributed by atoms with van der Waals surface area (Å²) in [5, 5.41) is 3.94. The summed E-state index contributed by atoms with van der Waals surface area (Å²) >= 11 is 0. The summed E-state index contributed by atoms with van der Waals surface area (Å²) in [7, 11) is 2.20. The maximum Gasteiger partial charge on any atom is 0.0541 e. The van der Waals surface area contributed by atoms with Crippen molar-refractivity contribution in [2.75, 3.05) is 0 Å². The Morgan fingerprint density at radius 1 is 0.629 bits per heavy atom. The van der Waals surface area contributed by atoms with Crippen LogP contribution in [0.2, 0.25) is 0 Å². The maximum atomic E-state index is 2.38. The Morgan fingerprint density at radius 2 is 1.29 bits per heavy atom. The van der Waals surface area contributed by atoms with Gasteiger partial charge in [0.15, 0.2) is 0 Å². The van der Waals surface area contributed by atoms with Crippen molar-refractivity contribution in [3.63, 3.8) is 0 Å². The highest BCUT2D eigenvalue weighted by molar-refractivity contribution is 6.10. The van der Waals surface area contributed by atoms with Crippen LogP contribution in [0, 0.1) is 0 Å². The smallest absolute Gasteiger partial charge is 0.0541 e. The van der Waals surface area contributed by atoms with Crippen LogP contribution in [0.3, 0.4) is 0 Å². The molecule has 0 radical (unpaired) electrons. The molecule has 2 nitrogen and oxygen atoms in total. The minimum absolute atomic E-state index is 1.12. The molecule has 2 heterocycles. The van der Waals surface area contributed by atoms with Gasteiger partial charge in [-0.15, -0.1) is 0 Å². The molecule has 0 unspecified atom stereocenters.